The van der Waals surface area contributed by atoms with Gasteiger partial charge in [-0.05, 0) is 50.6 Å². The lowest BCUT2D eigenvalue weighted by Gasteiger charge is -2.31. The van der Waals surface area contributed by atoms with Crippen LogP contribution >= 0.6 is 0 Å². The standard InChI is InChI=1S/C16H23FN2O/c1-3-18-11-10-15-8-9-16(20)19(15)12(2)13-4-6-14(17)7-5-13/h4-7,12,15,18H,3,8-11H2,1-2H3. The van der Waals surface area contributed by atoms with Gasteiger partial charge < -0.3 is 10.2 Å². The number of rotatable bonds is 6. The third-order valence-electron chi connectivity index (χ3n) is 4.05. The molecule has 2 unspecified atom stereocenters. The van der Waals surface area contributed by atoms with E-state index in [2.05, 4.69) is 12.2 Å². The van der Waals surface area contributed by atoms with Crippen LogP contribution in [0.3, 0.4) is 0 Å². The summed E-state index contributed by atoms with van der Waals surface area (Å²) in [5, 5.41) is 3.31. The number of carbonyl (C=O) groups is 1. The zero-order valence-corrected chi connectivity index (χ0v) is 12.2. The Hall–Kier alpha value is -1.42. The number of nitrogens with zero attached hydrogens (tertiary/aromatic N) is 1. The first kappa shape index (κ1) is 15.0. The van der Waals surface area contributed by atoms with Crippen LogP contribution in [-0.2, 0) is 4.79 Å². The molecule has 1 fully saturated rings. The van der Waals surface area contributed by atoms with Gasteiger partial charge >= 0.3 is 0 Å². The Kier molecular flexibility index (Phi) is 5.12. The first-order valence-electron chi connectivity index (χ1n) is 7.40. The summed E-state index contributed by atoms with van der Waals surface area (Å²) in [6.07, 6.45) is 2.53. The molecule has 3 nitrogen and oxygen atoms in total. The van der Waals surface area contributed by atoms with E-state index >= 15 is 0 Å². The van der Waals surface area contributed by atoms with Crippen LogP contribution in [0.4, 0.5) is 4.39 Å². The molecule has 1 aliphatic rings. The SMILES string of the molecule is CCNCCC1CCC(=O)N1C(C)c1ccc(F)cc1. The predicted octanol–water partition coefficient (Wildman–Crippen LogP) is 2.88. The van der Waals surface area contributed by atoms with Gasteiger partial charge in [0.15, 0.2) is 0 Å². The summed E-state index contributed by atoms with van der Waals surface area (Å²) in [6, 6.07) is 6.76. The van der Waals surface area contributed by atoms with Crippen LogP contribution in [0.1, 0.15) is 44.7 Å². The number of nitrogens with one attached hydrogen (secondary N) is 1. The van der Waals surface area contributed by atoms with Crippen molar-refractivity contribution in [2.24, 2.45) is 0 Å². The lowest BCUT2D eigenvalue weighted by Crippen LogP contribution is -2.37. The molecule has 110 valence electrons. The van der Waals surface area contributed by atoms with Gasteiger partial charge in [-0.2, -0.15) is 0 Å². The smallest absolute Gasteiger partial charge is 0.223 e. The van der Waals surface area contributed by atoms with Crippen molar-refractivity contribution in [2.45, 2.75) is 45.2 Å². The highest BCUT2D eigenvalue weighted by molar-refractivity contribution is 5.79. The molecule has 0 aliphatic carbocycles. The van der Waals surface area contributed by atoms with Gasteiger partial charge in [0.05, 0.1) is 6.04 Å². The van der Waals surface area contributed by atoms with Gasteiger partial charge in [-0.1, -0.05) is 19.1 Å². The molecule has 1 N–H and O–H groups in total. The Morgan fingerprint density at radius 3 is 2.75 bits per heavy atom. The fourth-order valence-corrected chi connectivity index (χ4v) is 2.92. The van der Waals surface area contributed by atoms with E-state index in [1.807, 2.05) is 11.8 Å². The first-order chi connectivity index (χ1) is 9.63. The van der Waals surface area contributed by atoms with Crippen molar-refractivity contribution in [3.8, 4) is 0 Å². The Labute approximate surface area is 120 Å². The number of hydrogen-bond acceptors (Lipinski definition) is 2. The molecule has 0 aromatic heterocycles. The van der Waals surface area contributed by atoms with E-state index in [4.69, 9.17) is 0 Å². The molecule has 1 aliphatic heterocycles. The summed E-state index contributed by atoms with van der Waals surface area (Å²) >= 11 is 0. The van der Waals surface area contributed by atoms with Crippen LogP contribution in [0.25, 0.3) is 0 Å². The molecule has 4 heteroatoms. The van der Waals surface area contributed by atoms with Gasteiger partial charge in [-0.3, -0.25) is 4.79 Å². The van der Waals surface area contributed by atoms with Crippen LogP contribution in [-0.4, -0.2) is 29.9 Å². The van der Waals surface area contributed by atoms with Crippen LogP contribution in [0.2, 0.25) is 0 Å². The van der Waals surface area contributed by atoms with Gasteiger partial charge in [0.2, 0.25) is 5.91 Å². The fourth-order valence-electron chi connectivity index (χ4n) is 2.92. The zero-order chi connectivity index (χ0) is 14.5. The van der Waals surface area contributed by atoms with Crippen molar-refractivity contribution in [1.29, 1.82) is 0 Å². The van der Waals surface area contributed by atoms with E-state index in [9.17, 15) is 9.18 Å². The van der Waals surface area contributed by atoms with Crippen LogP contribution in [0.15, 0.2) is 24.3 Å². The number of benzene rings is 1. The van der Waals surface area contributed by atoms with Crippen LogP contribution in [0.5, 0.6) is 0 Å². The second-order valence-electron chi connectivity index (χ2n) is 5.36. The summed E-state index contributed by atoms with van der Waals surface area (Å²) in [6.45, 7) is 5.99. The molecule has 2 atom stereocenters. The van der Waals surface area contributed by atoms with Crippen LogP contribution < -0.4 is 5.32 Å². The fraction of sp³-hybridized carbons (Fsp3) is 0.562. The van der Waals surface area contributed by atoms with E-state index in [0.717, 1.165) is 31.5 Å². The molecule has 2 rings (SSSR count). The van der Waals surface area contributed by atoms with Gasteiger partial charge in [-0.25, -0.2) is 4.39 Å². The van der Waals surface area contributed by atoms with Gasteiger partial charge in [-0.15, -0.1) is 0 Å². The minimum Gasteiger partial charge on any atom is -0.333 e. The van der Waals surface area contributed by atoms with Crippen molar-refractivity contribution in [1.82, 2.24) is 10.2 Å². The van der Waals surface area contributed by atoms with E-state index in [-0.39, 0.29) is 17.8 Å². The summed E-state index contributed by atoms with van der Waals surface area (Å²) < 4.78 is 13.0. The van der Waals surface area contributed by atoms with Gasteiger partial charge in [0.25, 0.3) is 0 Å². The van der Waals surface area contributed by atoms with Crippen LogP contribution in [0, 0.1) is 5.82 Å². The second kappa shape index (κ2) is 6.84. The Bertz CT molecular complexity index is 446. The highest BCUT2D eigenvalue weighted by Crippen LogP contribution is 2.31. The van der Waals surface area contributed by atoms with Crippen molar-refractivity contribution < 1.29 is 9.18 Å². The van der Waals surface area contributed by atoms with E-state index in [1.165, 1.54) is 12.1 Å². The van der Waals surface area contributed by atoms with Crippen molar-refractivity contribution in [3.63, 3.8) is 0 Å². The molecule has 1 aromatic rings. The number of likely N-dealkylation sites (tertiary alicyclic amines) is 1. The number of amides is 1. The van der Waals surface area contributed by atoms with Gasteiger partial charge in [0.1, 0.15) is 5.82 Å². The second-order valence-corrected chi connectivity index (χ2v) is 5.36. The minimum absolute atomic E-state index is 0.0113. The highest BCUT2D eigenvalue weighted by atomic mass is 19.1. The monoisotopic (exact) mass is 278 g/mol. The Morgan fingerprint density at radius 1 is 1.40 bits per heavy atom. The number of hydrogen-bond donors (Lipinski definition) is 1. The maximum atomic E-state index is 13.0. The van der Waals surface area contributed by atoms with Crippen molar-refractivity contribution in [3.05, 3.63) is 35.6 Å². The third-order valence-corrected chi connectivity index (χ3v) is 4.05. The molecule has 1 aromatic carbocycles. The molecule has 1 saturated heterocycles. The van der Waals surface area contributed by atoms with E-state index in [0.29, 0.717) is 12.5 Å². The highest BCUT2D eigenvalue weighted by Gasteiger charge is 2.34. The maximum Gasteiger partial charge on any atom is 0.223 e. The van der Waals surface area contributed by atoms with E-state index in [1.54, 1.807) is 12.1 Å². The molecule has 1 amide bonds. The quantitative estimate of drug-likeness (QED) is 0.812. The zero-order valence-electron chi connectivity index (χ0n) is 12.2. The molecule has 0 spiro atoms. The average molecular weight is 278 g/mol. The minimum atomic E-state index is -0.239. The van der Waals surface area contributed by atoms with Gasteiger partial charge in [0, 0.05) is 12.5 Å². The summed E-state index contributed by atoms with van der Waals surface area (Å²) in [5.74, 6) is -0.0271. The predicted molar refractivity (Wildman–Crippen MR) is 77.8 cm³/mol. The number of carbonyl (C=O) groups excluding carboxylic acids is 1. The molecule has 0 saturated carbocycles. The molecule has 0 radical (unpaired) electrons. The maximum absolute atomic E-state index is 13.0. The first-order valence-corrected chi connectivity index (χ1v) is 7.40. The summed E-state index contributed by atoms with van der Waals surface area (Å²) in [7, 11) is 0. The summed E-state index contributed by atoms with van der Waals surface area (Å²) in [5.41, 5.74) is 0.995. The lowest BCUT2D eigenvalue weighted by atomic mass is 10.0. The number of halogens is 1. The van der Waals surface area contributed by atoms with E-state index < -0.39 is 0 Å². The molecular formula is C16H23FN2O. The topological polar surface area (TPSA) is 32.3 Å². The molecule has 1 heterocycles. The molecular weight excluding hydrogens is 255 g/mol. The largest absolute Gasteiger partial charge is 0.333 e. The Morgan fingerprint density at radius 2 is 2.10 bits per heavy atom. The molecule has 0 bridgehead atoms. The lowest BCUT2D eigenvalue weighted by molar-refractivity contribution is -0.131. The van der Waals surface area contributed by atoms with Crippen molar-refractivity contribution in [2.75, 3.05) is 13.1 Å². The molecule has 20 heavy (non-hydrogen) atoms. The third kappa shape index (κ3) is 3.37. The average Bonchev–Trinajstić information content (AvgIpc) is 2.80. The summed E-state index contributed by atoms with van der Waals surface area (Å²) in [4.78, 5) is 14.1. The van der Waals surface area contributed by atoms with Crippen molar-refractivity contribution >= 4 is 5.91 Å². The Balaban J connectivity index is 2.06. The normalized spacial score (nSPS) is 20.4.